The Balaban J connectivity index is 1.86. The molecular formula is C18H20FN3O2. The summed E-state index contributed by atoms with van der Waals surface area (Å²) in [7, 11) is 3.38. The third kappa shape index (κ3) is 3.23. The monoisotopic (exact) mass is 329 g/mol. The molecule has 1 saturated heterocycles. The molecule has 126 valence electrons. The second-order valence-electron chi connectivity index (χ2n) is 6.21. The molecule has 0 saturated carbocycles. The van der Waals surface area contributed by atoms with Crippen molar-refractivity contribution < 1.29 is 14.3 Å². The van der Waals surface area contributed by atoms with Crippen LogP contribution in [-0.2, 0) is 0 Å². The van der Waals surface area contributed by atoms with Gasteiger partial charge in [0.05, 0.1) is 17.7 Å². The number of hydrogen-bond acceptors (Lipinski definition) is 4. The number of hydrogen-bond donors (Lipinski definition) is 1. The molecule has 0 spiro atoms. The zero-order chi connectivity index (χ0) is 17.3. The van der Waals surface area contributed by atoms with Gasteiger partial charge in [-0.15, -0.1) is 0 Å². The number of pyridine rings is 1. The molecule has 1 aromatic carbocycles. The molecule has 1 amide bonds. The van der Waals surface area contributed by atoms with Crippen LogP contribution in [0.4, 0.5) is 10.2 Å². The van der Waals surface area contributed by atoms with Crippen LogP contribution in [0.25, 0.3) is 0 Å². The van der Waals surface area contributed by atoms with Crippen molar-refractivity contribution in [2.45, 2.75) is 18.6 Å². The van der Waals surface area contributed by atoms with Crippen molar-refractivity contribution in [1.82, 2.24) is 9.88 Å². The lowest BCUT2D eigenvalue weighted by atomic mass is 10.0. The molecule has 1 aliphatic heterocycles. The maximum absolute atomic E-state index is 13.1. The second kappa shape index (κ2) is 6.57. The molecule has 0 bridgehead atoms. The minimum Gasteiger partial charge on any atom is -0.391 e. The topological polar surface area (TPSA) is 56.7 Å². The summed E-state index contributed by atoms with van der Waals surface area (Å²) in [6.07, 6.45) is 1.64. The van der Waals surface area contributed by atoms with Gasteiger partial charge in [-0.3, -0.25) is 4.79 Å². The van der Waals surface area contributed by atoms with E-state index in [4.69, 9.17) is 0 Å². The van der Waals surface area contributed by atoms with E-state index in [0.717, 1.165) is 5.56 Å². The Morgan fingerprint density at radius 1 is 1.25 bits per heavy atom. The average Bonchev–Trinajstić information content (AvgIpc) is 2.96. The van der Waals surface area contributed by atoms with Gasteiger partial charge in [-0.1, -0.05) is 12.1 Å². The van der Waals surface area contributed by atoms with E-state index in [1.54, 1.807) is 44.6 Å². The third-order valence-electron chi connectivity index (χ3n) is 4.23. The standard InChI is InChI=1S/C18H20FN3O2/c1-21(2)18(24)13-5-8-17(20-10-13)22-11-15(23)9-16(22)12-3-6-14(19)7-4-12/h3-8,10,15-16,23H,9,11H2,1-2H3/t15-,16+/m0/s1. The summed E-state index contributed by atoms with van der Waals surface area (Å²) in [5, 5.41) is 10.1. The summed E-state index contributed by atoms with van der Waals surface area (Å²) in [5.41, 5.74) is 1.45. The predicted molar refractivity (Wildman–Crippen MR) is 89.4 cm³/mol. The molecule has 6 heteroatoms. The number of aliphatic hydroxyl groups excluding tert-OH is 1. The van der Waals surface area contributed by atoms with Crippen LogP contribution in [0.3, 0.4) is 0 Å². The Morgan fingerprint density at radius 3 is 2.54 bits per heavy atom. The van der Waals surface area contributed by atoms with E-state index in [1.807, 2.05) is 4.90 Å². The average molecular weight is 329 g/mol. The molecule has 0 aliphatic carbocycles. The van der Waals surface area contributed by atoms with Crippen LogP contribution in [0.5, 0.6) is 0 Å². The Labute approximate surface area is 140 Å². The largest absolute Gasteiger partial charge is 0.391 e. The lowest BCUT2D eigenvalue weighted by molar-refractivity contribution is 0.0827. The van der Waals surface area contributed by atoms with Gasteiger partial charge in [0.15, 0.2) is 0 Å². The highest BCUT2D eigenvalue weighted by molar-refractivity contribution is 5.93. The third-order valence-corrected chi connectivity index (χ3v) is 4.23. The number of nitrogens with zero attached hydrogens (tertiary/aromatic N) is 3. The van der Waals surface area contributed by atoms with Crippen molar-refractivity contribution in [2.24, 2.45) is 0 Å². The van der Waals surface area contributed by atoms with Gasteiger partial charge >= 0.3 is 0 Å². The molecule has 24 heavy (non-hydrogen) atoms. The minimum absolute atomic E-state index is 0.0662. The van der Waals surface area contributed by atoms with Gasteiger partial charge in [0.25, 0.3) is 5.91 Å². The Hall–Kier alpha value is -2.47. The number of halogens is 1. The van der Waals surface area contributed by atoms with E-state index >= 15 is 0 Å². The molecule has 1 aliphatic rings. The van der Waals surface area contributed by atoms with E-state index in [9.17, 15) is 14.3 Å². The maximum atomic E-state index is 13.1. The van der Waals surface area contributed by atoms with E-state index in [2.05, 4.69) is 4.98 Å². The van der Waals surface area contributed by atoms with E-state index < -0.39 is 6.10 Å². The first-order valence-corrected chi connectivity index (χ1v) is 7.83. The molecule has 0 unspecified atom stereocenters. The molecule has 1 fully saturated rings. The molecule has 1 aromatic heterocycles. The molecule has 3 rings (SSSR count). The van der Waals surface area contributed by atoms with Crippen LogP contribution in [0.2, 0.25) is 0 Å². The number of carbonyl (C=O) groups is 1. The zero-order valence-electron chi connectivity index (χ0n) is 13.7. The minimum atomic E-state index is -0.468. The van der Waals surface area contributed by atoms with E-state index in [1.165, 1.54) is 17.0 Å². The van der Waals surface area contributed by atoms with Crippen molar-refractivity contribution in [3.63, 3.8) is 0 Å². The van der Waals surface area contributed by atoms with Crippen molar-refractivity contribution in [3.8, 4) is 0 Å². The number of carbonyl (C=O) groups excluding carboxylic acids is 1. The molecule has 2 atom stereocenters. The van der Waals surface area contributed by atoms with E-state index in [0.29, 0.717) is 24.3 Å². The number of aromatic nitrogens is 1. The van der Waals surface area contributed by atoms with Crippen molar-refractivity contribution in [1.29, 1.82) is 0 Å². The fourth-order valence-electron chi connectivity index (χ4n) is 3.01. The van der Waals surface area contributed by atoms with Crippen LogP contribution < -0.4 is 4.90 Å². The van der Waals surface area contributed by atoms with Gasteiger partial charge in [-0.2, -0.15) is 0 Å². The van der Waals surface area contributed by atoms with Crippen molar-refractivity contribution in [3.05, 3.63) is 59.5 Å². The number of amides is 1. The summed E-state index contributed by atoms with van der Waals surface area (Å²) in [6, 6.07) is 9.75. The highest BCUT2D eigenvalue weighted by Crippen LogP contribution is 2.35. The van der Waals surface area contributed by atoms with Crippen LogP contribution >= 0.6 is 0 Å². The molecule has 0 radical (unpaired) electrons. The maximum Gasteiger partial charge on any atom is 0.254 e. The van der Waals surface area contributed by atoms with Gasteiger partial charge < -0.3 is 14.9 Å². The zero-order valence-corrected chi connectivity index (χ0v) is 13.7. The summed E-state index contributed by atoms with van der Waals surface area (Å²) in [6.45, 7) is 0.454. The summed E-state index contributed by atoms with van der Waals surface area (Å²) < 4.78 is 13.1. The van der Waals surface area contributed by atoms with Gasteiger partial charge in [-0.25, -0.2) is 9.37 Å². The number of aliphatic hydroxyl groups is 1. The van der Waals surface area contributed by atoms with Gasteiger partial charge in [0, 0.05) is 26.8 Å². The summed E-state index contributed by atoms with van der Waals surface area (Å²) in [5.74, 6) is 0.301. The fourth-order valence-corrected chi connectivity index (χ4v) is 3.01. The molecule has 5 nitrogen and oxygen atoms in total. The lowest BCUT2D eigenvalue weighted by Crippen LogP contribution is -2.26. The number of anilines is 1. The molecular weight excluding hydrogens is 309 g/mol. The quantitative estimate of drug-likeness (QED) is 0.938. The van der Waals surface area contributed by atoms with Crippen LogP contribution in [-0.4, -0.2) is 47.6 Å². The van der Waals surface area contributed by atoms with Crippen molar-refractivity contribution in [2.75, 3.05) is 25.5 Å². The number of β-amino-alcohol motifs (C(OH)–C–C–N with tert-alkyl or cyclic N) is 1. The number of benzene rings is 1. The predicted octanol–water partition coefficient (Wildman–Crippen LogP) is 2.23. The first kappa shape index (κ1) is 16.4. The SMILES string of the molecule is CN(C)C(=O)c1ccc(N2C[C@@H](O)C[C@@H]2c2ccc(F)cc2)nc1. The Morgan fingerprint density at radius 2 is 1.96 bits per heavy atom. The summed E-state index contributed by atoms with van der Waals surface area (Å²) in [4.78, 5) is 19.8. The Kier molecular flexibility index (Phi) is 4.49. The van der Waals surface area contributed by atoms with Gasteiger partial charge in [0.1, 0.15) is 11.6 Å². The molecule has 1 N–H and O–H groups in total. The highest BCUT2D eigenvalue weighted by atomic mass is 19.1. The number of rotatable bonds is 3. The van der Waals surface area contributed by atoms with Crippen LogP contribution in [0.1, 0.15) is 28.4 Å². The first-order chi connectivity index (χ1) is 11.5. The second-order valence-corrected chi connectivity index (χ2v) is 6.21. The molecule has 2 heterocycles. The van der Waals surface area contributed by atoms with Gasteiger partial charge in [0.2, 0.25) is 0 Å². The smallest absolute Gasteiger partial charge is 0.254 e. The van der Waals surface area contributed by atoms with Crippen molar-refractivity contribution >= 4 is 11.7 Å². The Bertz CT molecular complexity index is 716. The lowest BCUT2D eigenvalue weighted by Gasteiger charge is -2.26. The van der Waals surface area contributed by atoms with Crippen LogP contribution in [0, 0.1) is 5.82 Å². The fraction of sp³-hybridized carbons (Fsp3) is 0.333. The van der Waals surface area contributed by atoms with E-state index in [-0.39, 0.29) is 17.8 Å². The van der Waals surface area contributed by atoms with Gasteiger partial charge in [-0.05, 0) is 36.2 Å². The molecule has 2 aromatic rings. The summed E-state index contributed by atoms with van der Waals surface area (Å²) >= 11 is 0. The first-order valence-electron chi connectivity index (χ1n) is 7.83. The highest BCUT2D eigenvalue weighted by Gasteiger charge is 2.33. The van der Waals surface area contributed by atoms with Crippen LogP contribution in [0.15, 0.2) is 42.6 Å². The normalized spacial score (nSPS) is 20.2.